The van der Waals surface area contributed by atoms with Crippen LogP contribution in [-0.4, -0.2) is 39.8 Å². The zero-order valence-electron chi connectivity index (χ0n) is 11.8. The molecule has 1 aliphatic heterocycles. The Morgan fingerprint density at radius 1 is 1.41 bits per heavy atom. The van der Waals surface area contributed by atoms with Gasteiger partial charge in [-0.2, -0.15) is 0 Å². The Morgan fingerprint density at radius 2 is 2.14 bits per heavy atom. The molecule has 0 aromatic carbocycles. The number of amides is 4. The molecule has 1 aromatic heterocycles. The van der Waals surface area contributed by atoms with Gasteiger partial charge in [0.15, 0.2) is 5.15 Å². The first-order valence-electron chi connectivity index (χ1n) is 7.06. The molecule has 4 amide bonds. The van der Waals surface area contributed by atoms with E-state index in [2.05, 4.69) is 15.6 Å². The summed E-state index contributed by atoms with van der Waals surface area (Å²) in [5.74, 6) is -0.809. The molecule has 0 radical (unpaired) electrons. The second kappa shape index (κ2) is 5.57. The maximum atomic E-state index is 12.4. The number of halogens is 1. The van der Waals surface area contributed by atoms with Crippen molar-refractivity contribution in [2.24, 2.45) is 0 Å². The highest BCUT2D eigenvalue weighted by molar-refractivity contribution is 6.32. The summed E-state index contributed by atoms with van der Waals surface area (Å²) in [4.78, 5) is 41.2. The summed E-state index contributed by atoms with van der Waals surface area (Å²) < 4.78 is 0. The third-order valence-corrected chi connectivity index (χ3v) is 4.34. The molecule has 2 heterocycles. The van der Waals surface area contributed by atoms with Crippen molar-refractivity contribution >= 4 is 35.1 Å². The minimum Gasteiger partial charge on any atom is -0.323 e. The van der Waals surface area contributed by atoms with E-state index >= 15 is 0 Å². The van der Waals surface area contributed by atoms with Crippen molar-refractivity contribution in [2.75, 3.05) is 11.9 Å². The maximum Gasteiger partial charge on any atom is 0.325 e. The molecule has 0 unspecified atom stereocenters. The summed E-state index contributed by atoms with van der Waals surface area (Å²) in [6.45, 7) is -0.336. The molecule has 8 heteroatoms. The van der Waals surface area contributed by atoms with Gasteiger partial charge in [-0.15, -0.1) is 0 Å². The average Bonchev–Trinajstić information content (AvgIpc) is 3.03. The van der Waals surface area contributed by atoms with Crippen molar-refractivity contribution in [1.82, 2.24) is 15.2 Å². The van der Waals surface area contributed by atoms with Gasteiger partial charge in [-0.05, 0) is 25.0 Å². The van der Waals surface area contributed by atoms with Crippen LogP contribution in [0.3, 0.4) is 0 Å². The van der Waals surface area contributed by atoms with E-state index in [-0.39, 0.29) is 17.6 Å². The largest absolute Gasteiger partial charge is 0.325 e. The first-order valence-corrected chi connectivity index (χ1v) is 7.44. The number of hydrogen-bond acceptors (Lipinski definition) is 4. The molecular weight excluding hydrogens is 308 g/mol. The van der Waals surface area contributed by atoms with Crippen LogP contribution < -0.4 is 10.6 Å². The number of nitrogens with zero attached hydrogens (tertiary/aromatic N) is 2. The van der Waals surface area contributed by atoms with E-state index in [9.17, 15) is 14.4 Å². The fraction of sp³-hybridized carbons (Fsp3) is 0.429. The summed E-state index contributed by atoms with van der Waals surface area (Å²) >= 11 is 5.86. The van der Waals surface area contributed by atoms with Gasteiger partial charge in [0.25, 0.3) is 5.91 Å². The van der Waals surface area contributed by atoms with Crippen molar-refractivity contribution in [3.05, 3.63) is 23.5 Å². The second-order valence-corrected chi connectivity index (χ2v) is 5.86. The van der Waals surface area contributed by atoms with Crippen molar-refractivity contribution < 1.29 is 14.4 Å². The van der Waals surface area contributed by atoms with E-state index in [1.165, 1.54) is 6.20 Å². The van der Waals surface area contributed by atoms with E-state index in [0.29, 0.717) is 18.5 Å². The van der Waals surface area contributed by atoms with Gasteiger partial charge in [-0.1, -0.05) is 24.4 Å². The Labute approximate surface area is 132 Å². The highest BCUT2D eigenvalue weighted by atomic mass is 35.5. The second-order valence-electron chi connectivity index (χ2n) is 5.50. The molecule has 1 saturated heterocycles. The van der Waals surface area contributed by atoms with Gasteiger partial charge in [0.1, 0.15) is 12.1 Å². The van der Waals surface area contributed by atoms with Crippen LogP contribution in [0.15, 0.2) is 18.3 Å². The lowest BCUT2D eigenvalue weighted by atomic mass is 9.98. The first kappa shape index (κ1) is 14.8. The minimum absolute atomic E-state index is 0.153. The minimum atomic E-state index is -0.802. The molecule has 1 saturated carbocycles. The molecule has 3 rings (SSSR count). The maximum absolute atomic E-state index is 12.4. The summed E-state index contributed by atoms with van der Waals surface area (Å²) in [5.41, 5.74) is -0.458. The quantitative estimate of drug-likeness (QED) is 0.652. The molecule has 0 bridgehead atoms. The Morgan fingerprint density at radius 3 is 2.82 bits per heavy atom. The summed E-state index contributed by atoms with van der Waals surface area (Å²) in [7, 11) is 0. The van der Waals surface area contributed by atoms with E-state index < -0.39 is 17.5 Å². The molecular formula is C14H15ClN4O3. The lowest BCUT2D eigenvalue weighted by Gasteiger charge is -2.19. The van der Waals surface area contributed by atoms with Crippen LogP contribution >= 0.6 is 11.6 Å². The van der Waals surface area contributed by atoms with Gasteiger partial charge < -0.3 is 10.6 Å². The average molecular weight is 323 g/mol. The van der Waals surface area contributed by atoms with Crippen molar-refractivity contribution in [3.63, 3.8) is 0 Å². The van der Waals surface area contributed by atoms with Crippen LogP contribution in [0.2, 0.25) is 5.15 Å². The zero-order chi connectivity index (χ0) is 15.7. The smallest absolute Gasteiger partial charge is 0.323 e. The molecule has 2 aliphatic rings. The standard InChI is InChI=1S/C14H15ClN4O3/c15-11-9(4-3-7-16-11)17-10(20)8-19-12(21)14(18-13(19)22)5-1-2-6-14/h3-4,7H,1-2,5-6,8H2,(H,17,20)(H,18,22). The van der Waals surface area contributed by atoms with Crippen molar-refractivity contribution in [3.8, 4) is 0 Å². The highest BCUT2D eigenvalue weighted by Gasteiger charge is 2.52. The highest BCUT2D eigenvalue weighted by Crippen LogP contribution is 2.34. The number of urea groups is 1. The van der Waals surface area contributed by atoms with Gasteiger partial charge in [0.2, 0.25) is 5.91 Å². The Bertz CT molecular complexity index is 643. The zero-order valence-corrected chi connectivity index (χ0v) is 12.5. The van der Waals surface area contributed by atoms with E-state index in [1.807, 2.05) is 0 Å². The lowest BCUT2D eigenvalue weighted by molar-refractivity contribution is -0.133. The van der Waals surface area contributed by atoms with E-state index in [4.69, 9.17) is 11.6 Å². The molecule has 1 aromatic rings. The number of nitrogens with one attached hydrogen (secondary N) is 2. The predicted octanol–water partition coefficient (Wildman–Crippen LogP) is 1.54. The van der Waals surface area contributed by atoms with E-state index in [1.54, 1.807) is 12.1 Å². The normalized spacial score (nSPS) is 19.6. The van der Waals surface area contributed by atoms with Crippen LogP contribution in [0.1, 0.15) is 25.7 Å². The van der Waals surface area contributed by atoms with Crippen LogP contribution in [0, 0.1) is 0 Å². The Hall–Kier alpha value is -2.15. The molecule has 2 fully saturated rings. The summed E-state index contributed by atoms with van der Waals surface area (Å²) in [5, 5.41) is 5.43. The van der Waals surface area contributed by atoms with Gasteiger partial charge in [0, 0.05) is 6.20 Å². The summed E-state index contributed by atoms with van der Waals surface area (Å²) in [6.07, 6.45) is 4.56. The summed E-state index contributed by atoms with van der Waals surface area (Å²) in [6, 6.07) is 2.71. The van der Waals surface area contributed by atoms with E-state index in [0.717, 1.165) is 17.7 Å². The number of hydrogen-bond donors (Lipinski definition) is 2. The van der Waals surface area contributed by atoms with Gasteiger partial charge in [-0.3, -0.25) is 14.5 Å². The third-order valence-electron chi connectivity index (χ3n) is 4.04. The molecule has 116 valence electrons. The van der Waals surface area contributed by atoms with Crippen LogP contribution in [0.5, 0.6) is 0 Å². The number of carbonyl (C=O) groups excluding carboxylic acids is 3. The van der Waals surface area contributed by atoms with Crippen molar-refractivity contribution in [1.29, 1.82) is 0 Å². The Kier molecular flexibility index (Phi) is 3.74. The van der Waals surface area contributed by atoms with Crippen LogP contribution in [0.4, 0.5) is 10.5 Å². The van der Waals surface area contributed by atoms with Gasteiger partial charge in [0.05, 0.1) is 5.69 Å². The molecule has 7 nitrogen and oxygen atoms in total. The molecule has 1 spiro atoms. The van der Waals surface area contributed by atoms with Crippen LogP contribution in [-0.2, 0) is 9.59 Å². The Balaban J connectivity index is 1.68. The number of pyridine rings is 1. The molecule has 0 atom stereocenters. The lowest BCUT2D eigenvalue weighted by Crippen LogP contribution is -2.44. The van der Waals surface area contributed by atoms with Gasteiger partial charge >= 0.3 is 6.03 Å². The third kappa shape index (κ3) is 2.52. The monoisotopic (exact) mass is 322 g/mol. The fourth-order valence-electron chi connectivity index (χ4n) is 2.95. The fourth-order valence-corrected chi connectivity index (χ4v) is 3.12. The molecule has 2 N–H and O–H groups in total. The predicted molar refractivity (Wildman–Crippen MR) is 79.3 cm³/mol. The number of imide groups is 1. The molecule has 1 aliphatic carbocycles. The molecule has 22 heavy (non-hydrogen) atoms. The number of carbonyl (C=O) groups is 3. The van der Waals surface area contributed by atoms with Crippen LogP contribution in [0.25, 0.3) is 0 Å². The SMILES string of the molecule is O=C(CN1C(=O)NC2(CCCC2)C1=O)Nc1cccnc1Cl. The van der Waals surface area contributed by atoms with Crippen molar-refractivity contribution in [2.45, 2.75) is 31.2 Å². The topological polar surface area (TPSA) is 91.4 Å². The number of anilines is 1. The number of rotatable bonds is 3. The number of aromatic nitrogens is 1. The first-order chi connectivity index (χ1) is 10.5. The van der Waals surface area contributed by atoms with Gasteiger partial charge in [-0.25, -0.2) is 9.78 Å².